The van der Waals surface area contributed by atoms with Gasteiger partial charge in [0.2, 0.25) is 0 Å². The first-order valence-electron chi connectivity index (χ1n) is 4.35. The molecule has 0 saturated carbocycles. The van der Waals surface area contributed by atoms with E-state index in [0.717, 1.165) is 5.56 Å². The van der Waals surface area contributed by atoms with Crippen molar-refractivity contribution in [3.05, 3.63) is 34.4 Å². The molecule has 82 valence electrons. The average molecular weight is 272 g/mol. The Morgan fingerprint density at radius 1 is 1.19 bits per heavy atom. The summed E-state index contributed by atoms with van der Waals surface area (Å²) in [6.45, 7) is 0. The second-order valence-corrected chi connectivity index (χ2v) is 4.34. The zero-order valence-electron chi connectivity index (χ0n) is 7.98. The summed E-state index contributed by atoms with van der Waals surface area (Å²) >= 11 is 15.9. The number of hydrogen-bond acceptors (Lipinski definition) is 4. The predicted molar refractivity (Wildman–Crippen MR) is 69.2 cm³/mol. The topological polar surface area (TPSA) is 51.8 Å². The highest BCUT2D eigenvalue weighted by Gasteiger charge is 2.09. The summed E-state index contributed by atoms with van der Waals surface area (Å²) < 4.78 is 0. The Labute approximate surface area is 108 Å². The van der Waals surface area contributed by atoms with Gasteiger partial charge in [-0.1, -0.05) is 29.3 Å². The van der Waals surface area contributed by atoms with E-state index in [0.29, 0.717) is 26.6 Å². The number of nitrogens with zero attached hydrogens (tertiary/aromatic N) is 2. The van der Waals surface area contributed by atoms with Crippen molar-refractivity contribution in [2.45, 2.75) is 5.16 Å². The van der Waals surface area contributed by atoms with Gasteiger partial charge >= 0.3 is 0 Å². The second-order valence-electron chi connectivity index (χ2n) is 3.09. The first-order valence-corrected chi connectivity index (χ1v) is 5.55. The van der Waals surface area contributed by atoms with Crippen molar-refractivity contribution in [3.63, 3.8) is 0 Å². The van der Waals surface area contributed by atoms with E-state index in [2.05, 4.69) is 22.6 Å². The Kier molecular flexibility index (Phi) is 3.23. The summed E-state index contributed by atoms with van der Waals surface area (Å²) in [7, 11) is 0. The minimum Gasteiger partial charge on any atom is -0.383 e. The molecule has 0 radical (unpaired) electrons. The van der Waals surface area contributed by atoms with Gasteiger partial charge in [0.25, 0.3) is 0 Å². The molecule has 0 aliphatic rings. The molecule has 16 heavy (non-hydrogen) atoms. The SMILES string of the molecule is Nc1nc(S)ncc1-c1ccc(Cl)cc1Cl. The molecule has 0 saturated heterocycles. The highest BCUT2D eigenvalue weighted by atomic mass is 35.5. The van der Waals surface area contributed by atoms with Gasteiger partial charge < -0.3 is 5.73 Å². The van der Waals surface area contributed by atoms with E-state index in [-0.39, 0.29) is 0 Å². The maximum absolute atomic E-state index is 6.06. The zero-order chi connectivity index (χ0) is 11.7. The van der Waals surface area contributed by atoms with Crippen molar-refractivity contribution >= 4 is 41.6 Å². The number of nitrogens with two attached hydrogens (primary N) is 1. The molecule has 0 bridgehead atoms. The molecule has 0 spiro atoms. The van der Waals surface area contributed by atoms with Crippen molar-refractivity contribution < 1.29 is 0 Å². The zero-order valence-corrected chi connectivity index (χ0v) is 10.4. The standard InChI is InChI=1S/C10H7Cl2N3S/c11-5-1-2-6(8(12)3-5)7-4-14-10(16)15-9(7)13/h1-4H,(H3,13,14,15,16). The van der Waals surface area contributed by atoms with Crippen LogP contribution in [0.5, 0.6) is 0 Å². The smallest absolute Gasteiger partial charge is 0.186 e. The van der Waals surface area contributed by atoms with Gasteiger partial charge in [-0.05, 0) is 12.1 Å². The van der Waals surface area contributed by atoms with Crippen LogP contribution in [0.3, 0.4) is 0 Å². The van der Waals surface area contributed by atoms with Crippen LogP contribution in [-0.4, -0.2) is 9.97 Å². The van der Waals surface area contributed by atoms with Gasteiger partial charge in [0.15, 0.2) is 5.16 Å². The van der Waals surface area contributed by atoms with Crippen molar-refractivity contribution in [1.29, 1.82) is 0 Å². The van der Waals surface area contributed by atoms with Crippen molar-refractivity contribution in [1.82, 2.24) is 9.97 Å². The Hall–Kier alpha value is -0.970. The van der Waals surface area contributed by atoms with Crippen molar-refractivity contribution in [3.8, 4) is 11.1 Å². The van der Waals surface area contributed by atoms with E-state index in [1.54, 1.807) is 24.4 Å². The van der Waals surface area contributed by atoms with Crippen LogP contribution < -0.4 is 5.73 Å². The average Bonchev–Trinajstić information content (AvgIpc) is 2.19. The van der Waals surface area contributed by atoms with Crippen molar-refractivity contribution in [2.75, 3.05) is 5.73 Å². The summed E-state index contributed by atoms with van der Waals surface area (Å²) in [6, 6.07) is 5.15. The number of rotatable bonds is 1. The molecule has 1 aromatic carbocycles. The summed E-state index contributed by atoms with van der Waals surface area (Å²) in [5.74, 6) is 0.337. The van der Waals surface area contributed by atoms with E-state index in [1.165, 1.54) is 0 Å². The normalized spacial score (nSPS) is 10.4. The van der Waals surface area contributed by atoms with Crippen LogP contribution in [0.4, 0.5) is 5.82 Å². The molecular weight excluding hydrogens is 265 g/mol. The third kappa shape index (κ3) is 2.24. The Morgan fingerprint density at radius 2 is 1.94 bits per heavy atom. The monoisotopic (exact) mass is 271 g/mol. The highest BCUT2D eigenvalue weighted by molar-refractivity contribution is 7.80. The number of hydrogen-bond donors (Lipinski definition) is 2. The largest absolute Gasteiger partial charge is 0.383 e. The number of benzene rings is 1. The van der Waals surface area contributed by atoms with Gasteiger partial charge in [0.1, 0.15) is 5.82 Å². The highest BCUT2D eigenvalue weighted by Crippen LogP contribution is 2.32. The number of nitrogen functional groups attached to an aromatic ring is 1. The third-order valence-electron chi connectivity index (χ3n) is 2.03. The van der Waals surface area contributed by atoms with E-state index in [1.807, 2.05) is 0 Å². The third-order valence-corrected chi connectivity index (χ3v) is 2.79. The molecule has 2 aromatic rings. The molecule has 3 nitrogen and oxygen atoms in total. The summed E-state index contributed by atoms with van der Waals surface area (Å²) in [6.07, 6.45) is 1.58. The summed E-state index contributed by atoms with van der Waals surface area (Å²) in [4.78, 5) is 7.91. The number of aromatic nitrogens is 2. The molecule has 1 heterocycles. The van der Waals surface area contributed by atoms with E-state index in [9.17, 15) is 0 Å². The van der Waals surface area contributed by atoms with Crippen LogP contribution in [0, 0.1) is 0 Å². The predicted octanol–water partition coefficient (Wildman–Crippen LogP) is 3.32. The lowest BCUT2D eigenvalue weighted by atomic mass is 10.1. The molecule has 2 N–H and O–H groups in total. The molecule has 2 rings (SSSR count). The van der Waals surface area contributed by atoms with E-state index < -0.39 is 0 Å². The fraction of sp³-hybridized carbons (Fsp3) is 0. The molecule has 0 aliphatic heterocycles. The lowest BCUT2D eigenvalue weighted by Crippen LogP contribution is -1.97. The second kappa shape index (κ2) is 4.49. The van der Waals surface area contributed by atoms with E-state index >= 15 is 0 Å². The Balaban J connectivity index is 2.59. The van der Waals surface area contributed by atoms with Crippen LogP contribution >= 0.6 is 35.8 Å². The fourth-order valence-corrected chi connectivity index (χ4v) is 1.98. The first kappa shape index (κ1) is 11.5. The van der Waals surface area contributed by atoms with Gasteiger partial charge in [0.05, 0.1) is 5.02 Å². The van der Waals surface area contributed by atoms with Crippen LogP contribution in [0.25, 0.3) is 11.1 Å². The van der Waals surface area contributed by atoms with Crippen LogP contribution in [0.1, 0.15) is 0 Å². The van der Waals surface area contributed by atoms with Gasteiger partial charge in [-0.25, -0.2) is 9.97 Å². The molecule has 0 aliphatic carbocycles. The molecule has 0 atom stereocenters. The quantitative estimate of drug-likeness (QED) is 0.618. The first-order chi connectivity index (χ1) is 7.58. The van der Waals surface area contributed by atoms with Crippen molar-refractivity contribution in [2.24, 2.45) is 0 Å². The van der Waals surface area contributed by atoms with Crippen LogP contribution in [0.2, 0.25) is 10.0 Å². The molecule has 0 amide bonds. The minimum absolute atomic E-state index is 0.325. The summed E-state index contributed by atoms with van der Waals surface area (Å²) in [5.41, 5.74) is 7.18. The molecule has 0 fully saturated rings. The number of thiol groups is 1. The Morgan fingerprint density at radius 3 is 2.56 bits per heavy atom. The van der Waals surface area contributed by atoms with E-state index in [4.69, 9.17) is 28.9 Å². The van der Waals surface area contributed by atoms with Gasteiger partial charge in [0, 0.05) is 22.3 Å². The van der Waals surface area contributed by atoms with Crippen LogP contribution in [-0.2, 0) is 0 Å². The minimum atomic E-state index is 0.325. The lowest BCUT2D eigenvalue weighted by Gasteiger charge is -2.07. The van der Waals surface area contributed by atoms with Crippen LogP contribution in [0.15, 0.2) is 29.6 Å². The fourth-order valence-electron chi connectivity index (χ4n) is 1.30. The van der Waals surface area contributed by atoms with Gasteiger partial charge in [-0.2, -0.15) is 0 Å². The summed E-state index contributed by atoms with van der Waals surface area (Å²) in [5, 5.41) is 1.40. The van der Waals surface area contributed by atoms with Gasteiger partial charge in [-0.15, -0.1) is 12.6 Å². The molecule has 0 unspecified atom stereocenters. The van der Waals surface area contributed by atoms with Gasteiger partial charge in [-0.3, -0.25) is 0 Å². The number of halogens is 2. The number of anilines is 1. The molecule has 6 heteroatoms. The maximum Gasteiger partial charge on any atom is 0.186 e. The lowest BCUT2D eigenvalue weighted by molar-refractivity contribution is 0.986. The Bertz CT molecular complexity index is 496. The molecular formula is C10H7Cl2N3S. The maximum atomic E-state index is 6.06. The molecule has 1 aromatic heterocycles.